The van der Waals surface area contributed by atoms with Crippen LogP contribution < -0.4 is 10.1 Å². The summed E-state index contributed by atoms with van der Waals surface area (Å²) in [5.74, 6) is 0.829. The molecule has 0 spiro atoms. The molecule has 4 nitrogen and oxygen atoms in total. The van der Waals surface area contributed by atoms with E-state index in [0.717, 1.165) is 35.2 Å². The molecule has 1 aliphatic rings. The number of aromatic nitrogens is 1. The Morgan fingerprint density at radius 2 is 1.89 bits per heavy atom. The molecule has 146 valence electrons. The van der Waals surface area contributed by atoms with Crippen LogP contribution in [0.15, 0.2) is 48.7 Å². The van der Waals surface area contributed by atoms with Crippen molar-refractivity contribution in [1.29, 1.82) is 0 Å². The average molecular weight is 377 g/mol. The first-order chi connectivity index (χ1) is 13.4. The monoisotopic (exact) mass is 376 g/mol. The maximum absolute atomic E-state index is 11.0. The van der Waals surface area contributed by atoms with Crippen molar-refractivity contribution in [1.82, 2.24) is 10.3 Å². The van der Waals surface area contributed by atoms with E-state index in [2.05, 4.69) is 60.5 Å². The molecule has 2 aromatic carbocycles. The Morgan fingerprint density at radius 3 is 2.64 bits per heavy atom. The highest BCUT2D eigenvalue weighted by atomic mass is 16.5. The second-order valence-electron chi connectivity index (χ2n) is 8.29. The molecule has 4 rings (SSSR count). The number of benzene rings is 2. The lowest BCUT2D eigenvalue weighted by Crippen LogP contribution is -2.52. The van der Waals surface area contributed by atoms with Crippen LogP contribution in [-0.4, -0.2) is 28.3 Å². The molecular weight excluding hydrogens is 348 g/mol. The van der Waals surface area contributed by atoms with Gasteiger partial charge in [-0.3, -0.25) is 4.98 Å². The van der Waals surface area contributed by atoms with Crippen molar-refractivity contribution in [3.8, 4) is 5.75 Å². The molecule has 0 radical (unpaired) electrons. The predicted octanol–water partition coefficient (Wildman–Crippen LogP) is 4.26. The van der Waals surface area contributed by atoms with Crippen molar-refractivity contribution in [3.63, 3.8) is 0 Å². The summed E-state index contributed by atoms with van der Waals surface area (Å²) in [6.07, 6.45) is 2.16. The van der Waals surface area contributed by atoms with Gasteiger partial charge in [-0.15, -0.1) is 0 Å². The van der Waals surface area contributed by atoms with E-state index < -0.39 is 11.7 Å². The van der Waals surface area contributed by atoms with Crippen LogP contribution in [0.25, 0.3) is 10.9 Å². The summed E-state index contributed by atoms with van der Waals surface area (Å²) in [6, 6.07) is 14.3. The summed E-state index contributed by atoms with van der Waals surface area (Å²) >= 11 is 0. The number of hydrogen-bond acceptors (Lipinski definition) is 4. The molecule has 2 atom stereocenters. The van der Waals surface area contributed by atoms with Gasteiger partial charge in [0, 0.05) is 17.1 Å². The zero-order chi connectivity index (χ0) is 19.9. The van der Waals surface area contributed by atoms with Crippen molar-refractivity contribution in [3.05, 3.63) is 70.9 Å². The molecule has 1 aliphatic heterocycles. The Bertz CT molecular complexity index is 998. The van der Waals surface area contributed by atoms with Crippen LogP contribution in [0.5, 0.6) is 5.75 Å². The standard InChI is InChI=1S/C24H28N2O2/c1-15-14-26-20-12-19-21(13-18(20)16(15)2)28-24(3,4)23(27)22(19)25-11-10-17-8-6-5-7-9-17/h5-9,12-14,22-23,25,27H,10-11H2,1-4H3. The maximum Gasteiger partial charge on any atom is 0.131 e. The largest absolute Gasteiger partial charge is 0.485 e. The Hall–Kier alpha value is -2.43. The number of rotatable bonds is 4. The summed E-state index contributed by atoms with van der Waals surface area (Å²) in [7, 11) is 0. The molecule has 3 aromatic rings. The van der Waals surface area contributed by atoms with Gasteiger partial charge in [0.25, 0.3) is 0 Å². The van der Waals surface area contributed by atoms with E-state index in [9.17, 15) is 5.11 Å². The van der Waals surface area contributed by atoms with Crippen LogP contribution in [-0.2, 0) is 6.42 Å². The number of ether oxygens (including phenoxy) is 1. The van der Waals surface area contributed by atoms with Gasteiger partial charge in [0.2, 0.25) is 0 Å². The summed E-state index contributed by atoms with van der Waals surface area (Å²) in [5, 5.41) is 15.7. The highest BCUT2D eigenvalue weighted by molar-refractivity contribution is 5.85. The van der Waals surface area contributed by atoms with Crippen LogP contribution in [0.4, 0.5) is 0 Å². The molecule has 0 saturated heterocycles. The second kappa shape index (κ2) is 7.19. The SMILES string of the molecule is Cc1cnc2cc3c(cc2c1C)OC(C)(C)C(O)C3NCCc1ccccc1. The maximum atomic E-state index is 11.0. The molecule has 2 heterocycles. The minimum atomic E-state index is -0.670. The smallest absolute Gasteiger partial charge is 0.131 e. The molecule has 28 heavy (non-hydrogen) atoms. The van der Waals surface area contributed by atoms with Crippen molar-refractivity contribution in [2.45, 2.75) is 51.9 Å². The minimum Gasteiger partial charge on any atom is -0.485 e. The van der Waals surface area contributed by atoms with Crippen LogP contribution >= 0.6 is 0 Å². The van der Waals surface area contributed by atoms with Gasteiger partial charge in [0.05, 0.1) is 11.6 Å². The second-order valence-corrected chi connectivity index (χ2v) is 8.29. The molecule has 2 N–H and O–H groups in total. The topological polar surface area (TPSA) is 54.4 Å². The first-order valence-electron chi connectivity index (χ1n) is 9.91. The number of aliphatic hydroxyl groups excluding tert-OH is 1. The van der Waals surface area contributed by atoms with Crippen molar-refractivity contribution in [2.75, 3.05) is 6.54 Å². The van der Waals surface area contributed by atoms with E-state index in [1.54, 1.807) is 0 Å². The third kappa shape index (κ3) is 3.38. The quantitative estimate of drug-likeness (QED) is 0.714. The van der Waals surface area contributed by atoms with Crippen molar-refractivity contribution < 1.29 is 9.84 Å². The minimum absolute atomic E-state index is 0.199. The van der Waals surface area contributed by atoms with Gasteiger partial charge in [0.1, 0.15) is 17.5 Å². The summed E-state index contributed by atoms with van der Waals surface area (Å²) < 4.78 is 6.21. The first kappa shape index (κ1) is 18.9. The number of fused-ring (bicyclic) bond motifs is 2. The van der Waals surface area contributed by atoms with E-state index in [0.29, 0.717) is 0 Å². The highest BCUT2D eigenvalue weighted by Gasteiger charge is 2.42. The third-order valence-corrected chi connectivity index (χ3v) is 5.88. The number of aryl methyl sites for hydroxylation is 2. The Morgan fingerprint density at radius 1 is 1.14 bits per heavy atom. The van der Waals surface area contributed by atoms with Crippen LogP contribution in [0.1, 0.15) is 42.1 Å². The lowest BCUT2D eigenvalue weighted by Gasteiger charge is -2.42. The van der Waals surface area contributed by atoms with E-state index in [1.807, 2.05) is 26.1 Å². The van der Waals surface area contributed by atoms with Gasteiger partial charge in [0.15, 0.2) is 0 Å². The fourth-order valence-electron chi connectivity index (χ4n) is 3.95. The van der Waals surface area contributed by atoms with E-state index in [-0.39, 0.29) is 6.04 Å². The molecule has 2 unspecified atom stereocenters. The summed E-state index contributed by atoms with van der Waals surface area (Å²) in [5.41, 5.74) is 4.91. The lowest BCUT2D eigenvalue weighted by atomic mass is 9.85. The number of nitrogens with one attached hydrogen (secondary N) is 1. The predicted molar refractivity (Wildman–Crippen MR) is 113 cm³/mol. The van der Waals surface area contributed by atoms with Gasteiger partial charge in [-0.25, -0.2) is 0 Å². The highest BCUT2D eigenvalue weighted by Crippen LogP contribution is 2.42. The summed E-state index contributed by atoms with van der Waals surface area (Å²) in [6.45, 7) is 8.85. The Kier molecular flexibility index (Phi) is 4.86. The van der Waals surface area contributed by atoms with Gasteiger partial charge >= 0.3 is 0 Å². The number of hydrogen-bond donors (Lipinski definition) is 2. The average Bonchev–Trinajstić information content (AvgIpc) is 2.68. The van der Waals surface area contributed by atoms with Crippen LogP contribution in [0.2, 0.25) is 0 Å². The summed E-state index contributed by atoms with van der Waals surface area (Å²) in [4.78, 5) is 4.61. The lowest BCUT2D eigenvalue weighted by molar-refractivity contribution is -0.0642. The third-order valence-electron chi connectivity index (χ3n) is 5.88. The zero-order valence-corrected chi connectivity index (χ0v) is 17.0. The van der Waals surface area contributed by atoms with Crippen LogP contribution in [0.3, 0.4) is 0 Å². The Labute approximate surface area is 166 Å². The molecule has 0 fully saturated rings. The zero-order valence-electron chi connectivity index (χ0n) is 17.0. The van der Waals surface area contributed by atoms with E-state index in [1.165, 1.54) is 16.7 Å². The van der Waals surface area contributed by atoms with Gasteiger partial charge < -0.3 is 15.2 Å². The Balaban J connectivity index is 1.68. The molecule has 1 aromatic heterocycles. The molecule has 0 bridgehead atoms. The van der Waals surface area contributed by atoms with Crippen molar-refractivity contribution in [2.24, 2.45) is 0 Å². The fourth-order valence-corrected chi connectivity index (χ4v) is 3.95. The van der Waals surface area contributed by atoms with Gasteiger partial charge in [-0.05, 0) is 69.5 Å². The van der Waals surface area contributed by atoms with Crippen LogP contribution in [0, 0.1) is 13.8 Å². The van der Waals surface area contributed by atoms with Gasteiger partial charge in [-0.2, -0.15) is 0 Å². The normalized spacial score (nSPS) is 20.6. The molecular formula is C24H28N2O2. The van der Waals surface area contributed by atoms with Crippen molar-refractivity contribution >= 4 is 10.9 Å². The first-order valence-corrected chi connectivity index (χ1v) is 9.91. The number of nitrogens with zero attached hydrogens (tertiary/aromatic N) is 1. The number of aliphatic hydroxyl groups is 1. The molecule has 4 heteroatoms. The fraction of sp³-hybridized carbons (Fsp3) is 0.375. The number of pyridine rings is 1. The van der Waals surface area contributed by atoms with Gasteiger partial charge in [-0.1, -0.05) is 30.3 Å². The molecule has 0 aliphatic carbocycles. The van der Waals surface area contributed by atoms with E-state index in [4.69, 9.17) is 4.74 Å². The molecule has 0 amide bonds. The van der Waals surface area contributed by atoms with E-state index >= 15 is 0 Å². The molecule has 0 saturated carbocycles.